The Morgan fingerprint density at radius 3 is 1.61 bits per heavy atom. The zero-order chi connectivity index (χ0) is 12.8. The molecule has 0 unspecified atom stereocenters. The van der Waals surface area contributed by atoms with Crippen LogP contribution in [0.4, 0.5) is 0 Å². The lowest BCUT2D eigenvalue weighted by Crippen LogP contribution is -2.25. The molecule has 0 aromatic carbocycles. The van der Waals surface area contributed by atoms with Crippen molar-refractivity contribution in [3.05, 3.63) is 0 Å². The van der Waals surface area contributed by atoms with Crippen molar-refractivity contribution < 1.29 is 0 Å². The molecule has 0 amide bonds. The summed E-state index contributed by atoms with van der Waals surface area (Å²) < 4.78 is 0. The monoisotopic (exact) mass is 250 g/mol. The molecule has 0 atom stereocenters. The van der Waals surface area contributed by atoms with Crippen molar-refractivity contribution in [2.75, 3.05) is 0 Å². The maximum Gasteiger partial charge on any atom is -0.0386 e. The van der Waals surface area contributed by atoms with E-state index in [0.717, 1.165) is 23.7 Å². The van der Waals surface area contributed by atoms with E-state index in [-0.39, 0.29) is 0 Å². The van der Waals surface area contributed by atoms with Crippen LogP contribution < -0.4 is 0 Å². The number of rotatable bonds is 5. The van der Waals surface area contributed by atoms with E-state index in [2.05, 4.69) is 13.8 Å². The zero-order valence-electron chi connectivity index (χ0n) is 12.8. The van der Waals surface area contributed by atoms with Crippen molar-refractivity contribution >= 4 is 0 Å². The van der Waals surface area contributed by atoms with Gasteiger partial charge >= 0.3 is 0 Å². The summed E-state index contributed by atoms with van der Waals surface area (Å²) in [5.41, 5.74) is 0. The summed E-state index contributed by atoms with van der Waals surface area (Å²) in [6.45, 7) is 4.71. The molecule has 0 radical (unpaired) electrons. The average molecular weight is 250 g/mol. The van der Waals surface area contributed by atoms with Crippen LogP contribution in [0.2, 0.25) is 0 Å². The lowest BCUT2D eigenvalue weighted by molar-refractivity contribution is 0.142. The van der Waals surface area contributed by atoms with Gasteiger partial charge in [0.05, 0.1) is 0 Å². The minimum Gasteiger partial charge on any atom is -0.0654 e. The molecule has 0 heterocycles. The fraction of sp³-hybridized carbons (Fsp3) is 1.00. The van der Waals surface area contributed by atoms with Crippen molar-refractivity contribution in [1.82, 2.24) is 0 Å². The van der Waals surface area contributed by atoms with Gasteiger partial charge in [-0.05, 0) is 49.4 Å². The first-order valence-electron chi connectivity index (χ1n) is 8.83. The van der Waals surface area contributed by atoms with Crippen molar-refractivity contribution in [2.24, 2.45) is 23.7 Å². The molecular weight excluding hydrogens is 216 g/mol. The number of hydrogen-bond donors (Lipinski definition) is 0. The lowest BCUT2D eigenvalue weighted by atomic mass is 9.68. The van der Waals surface area contributed by atoms with E-state index in [1.165, 1.54) is 38.5 Å². The minimum atomic E-state index is 1.07. The Morgan fingerprint density at radius 2 is 1.17 bits per heavy atom. The van der Waals surface area contributed by atoms with Gasteiger partial charge in [-0.1, -0.05) is 65.2 Å². The van der Waals surface area contributed by atoms with Gasteiger partial charge in [0.15, 0.2) is 0 Å². The molecule has 0 heteroatoms. The molecule has 0 spiro atoms. The molecule has 2 saturated carbocycles. The maximum atomic E-state index is 2.38. The first-order valence-corrected chi connectivity index (χ1v) is 8.83. The van der Waals surface area contributed by atoms with E-state index >= 15 is 0 Å². The van der Waals surface area contributed by atoms with Crippen LogP contribution in [-0.2, 0) is 0 Å². The lowest BCUT2D eigenvalue weighted by Gasteiger charge is -2.37. The number of unbranched alkanes of at least 4 members (excludes halogenated alkanes) is 1. The molecule has 2 aliphatic rings. The van der Waals surface area contributed by atoms with Gasteiger partial charge in [0, 0.05) is 0 Å². The Bertz CT molecular complexity index is 204. The highest BCUT2D eigenvalue weighted by atomic mass is 14.4. The second kappa shape index (κ2) is 7.56. The van der Waals surface area contributed by atoms with Gasteiger partial charge in [0.25, 0.3) is 0 Å². The van der Waals surface area contributed by atoms with Crippen LogP contribution in [0, 0.1) is 23.7 Å². The molecule has 0 N–H and O–H groups in total. The third-order valence-electron chi connectivity index (χ3n) is 5.99. The Balaban J connectivity index is 1.67. The fourth-order valence-electron chi connectivity index (χ4n) is 4.51. The van der Waals surface area contributed by atoms with Gasteiger partial charge < -0.3 is 0 Å². The van der Waals surface area contributed by atoms with E-state index in [4.69, 9.17) is 0 Å². The van der Waals surface area contributed by atoms with E-state index in [1.54, 1.807) is 38.5 Å². The molecule has 2 rings (SSSR count). The van der Waals surface area contributed by atoms with E-state index < -0.39 is 0 Å². The Kier molecular flexibility index (Phi) is 6.05. The Morgan fingerprint density at radius 1 is 0.667 bits per heavy atom. The first kappa shape index (κ1) is 14.4. The van der Waals surface area contributed by atoms with Crippen LogP contribution in [-0.4, -0.2) is 0 Å². The zero-order valence-corrected chi connectivity index (χ0v) is 12.8. The normalized spacial score (nSPS) is 37.7. The van der Waals surface area contributed by atoms with E-state index in [9.17, 15) is 0 Å². The third kappa shape index (κ3) is 4.00. The standard InChI is InChI=1S/C18H34/c1-3-5-6-16-9-13-18(14-10-16)17-11-7-15(4-2)8-12-17/h15-18H,3-14H2,1-2H3. The first-order chi connectivity index (χ1) is 8.83. The molecule has 2 fully saturated rings. The summed E-state index contributed by atoms with van der Waals surface area (Å²) in [7, 11) is 0. The molecule has 0 aromatic heterocycles. The van der Waals surface area contributed by atoms with Crippen LogP contribution in [0.3, 0.4) is 0 Å². The predicted octanol–water partition coefficient (Wildman–Crippen LogP) is 6.20. The Hall–Kier alpha value is 0. The van der Waals surface area contributed by atoms with Gasteiger partial charge in [-0.3, -0.25) is 0 Å². The largest absolute Gasteiger partial charge is 0.0654 e. The van der Waals surface area contributed by atoms with Crippen LogP contribution in [0.5, 0.6) is 0 Å². The summed E-state index contributed by atoms with van der Waals surface area (Å²) in [6, 6.07) is 0. The summed E-state index contributed by atoms with van der Waals surface area (Å²) in [5.74, 6) is 4.39. The van der Waals surface area contributed by atoms with Gasteiger partial charge in [-0.2, -0.15) is 0 Å². The van der Waals surface area contributed by atoms with Gasteiger partial charge in [-0.15, -0.1) is 0 Å². The maximum absolute atomic E-state index is 2.38. The molecular formula is C18H34. The van der Waals surface area contributed by atoms with Crippen molar-refractivity contribution in [1.29, 1.82) is 0 Å². The van der Waals surface area contributed by atoms with Gasteiger partial charge in [0.2, 0.25) is 0 Å². The van der Waals surface area contributed by atoms with Gasteiger partial charge in [-0.25, -0.2) is 0 Å². The van der Waals surface area contributed by atoms with Crippen LogP contribution in [0.15, 0.2) is 0 Å². The third-order valence-corrected chi connectivity index (χ3v) is 5.99. The second-order valence-electron chi connectivity index (χ2n) is 7.11. The SMILES string of the molecule is CCCCC1CCC(C2CCC(CC)CC2)CC1. The summed E-state index contributed by atoms with van der Waals surface area (Å²) in [4.78, 5) is 0. The van der Waals surface area contributed by atoms with Crippen LogP contribution >= 0.6 is 0 Å². The molecule has 0 aromatic rings. The second-order valence-corrected chi connectivity index (χ2v) is 7.11. The van der Waals surface area contributed by atoms with E-state index in [0.29, 0.717) is 0 Å². The summed E-state index contributed by atoms with van der Waals surface area (Å²) >= 11 is 0. The quantitative estimate of drug-likeness (QED) is 0.545. The fourth-order valence-corrected chi connectivity index (χ4v) is 4.51. The molecule has 0 saturated heterocycles. The highest BCUT2D eigenvalue weighted by molar-refractivity contribution is 4.81. The highest BCUT2D eigenvalue weighted by Crippen LogP contribution is 2.42. The average Bonchev–Trinajstić information content (AvgIpc) is 2.46. The summed E-state index contributed by atoms with van der Waals surface area (Å²) in [6.07, 6.45) is 18.2. The van der Waals surface area contributed by atoms with Crippen LogP contribution in [0.1, 0.15) is 90.9 Å². The minimum absolute atomic E-state index is 1.07. The molecule has 0 aliphatic heterocycles. The molecule has 18 heavy (non-hydrogen) atoms. The summed E-state index contributed by atoms with van der Waals surface area (Å²) in [5, 5.41) is 0. The predicted molar refractivity (Wildman–Crippen MR) is 80.7 cm³/mol. The van der Waals surface area contributed by atoms with E-state index in [1.807, 2.05) is 0 Å². The molecule has 0 bridgehead atoms. The van der Waals surface area contributed by atoms with Crippen molar-refractivity contribution in [2.45, 2.75) is 90.9 Å². The van der Waals surface area contributed by atoms with Crippen molar-refractivity contribution in [3.63, 3.8) is 0 Å². The Labute approximate surface area is 115 Å². The smallest absolute Gasteiger partial charge is 0.0386 e. The van der Waals surface area contributed by atoms with Gasteiger partial charge in [0.1, 0.15) is 0 Å². The number of hydrogen-bond acceptors (Lipinski definition) is 0. The molecule has 106 valence electrons. The topological polar surface area (TPSA) is 0 Å². The van der Waals surface area contributed by atoms with Crippen LogP contribution in [0.25, 0.3) is 0 Å². The molecule has 0 nitrogen and oxygen atoms in total. The van der Waals surface area contributed by atoms with Crippen molar-refractivity contribution in [3.8, 4) is 0 Å². The highest BCUT2D eigenvalue weighted by Gasteiger charge is 2.30. The molecule has 2 aliphatic carbocycles.